The Bertz CT molecular complexity index is 690. The van der Waals surface area contributed by atoms with Crippen LogP contribution in [0.1, 0.15) is 37.7 Å². The molecule has 3 aliphatic heterocycles. The highest BCUT2D eigenvalue weighted by atomic mass is 127. The molecule has 6 nitrogen and oxygen atoms in total. The van der Waals surface area contributed by atoms with Gasteiger partial charge in [-0.3, -0.25) is 14.8 Å². The fraction of sp³-hybridized carbons (Fsp3) is 0.720. The zero-order valence-electron chi connectivity index (χ0n) is 20.1. The van der Waals surface area contributed by atoms with Crippen LogP contribution in [0.25, 0.3) is 0 Å². The third-order valence-electron chi connectivity index (χ3n) is 7.65. The van der Waals surface area contributed by atoms with Crippen molar-refractivity contribution in [1.29, 1.82) is 0 Å². The van der Waals surface area contributed by atoms with Crippen molar-refractivity contribution in [1.82, 2.24) is 24.9 Å². The third-order valence-corrected chi connectivity index (χ3v) is 7.65. The molecular weight excluding hydrogens is 511 g/mol. The number of piperidine rings is 2. The molecule has 7 heteroatoms. The first-order valence-electron chi connectivity index (χ1n) is 12.3. The maximum absolute atomic E-state index is 4.68. The van der Waals surface area contributed by atoms with Gasteiger partial charge in [0, 0.05) is 51.9 Å². The van der Waals surface area contributed by atoms with Crippen LogP contribution in [0, 0.1) is 0 Å². The quantitative estimate of drug-likeness (QED) is 0.344. The summed E-state index contributed by atoms with van der Waals surface area (Å²) in [5.41, 5.74) is 1.70. The Balaban J connectivity index is 0.00000289. The van der Waals surface area contributed by atoms with Gasteiger partial charge in [-0.1, -0.05) is 36.8 Å². The van der Waals surface area contributed by atoms with E-state index in [1.807, 2.05) is 7.05 Å². The molecule has 1 aromatic rings. The maximum atomic E-state index is 4.68. The number of piperazine rings is 1. The zero-order valence-corrected chi connectivity index (χ0v) is 22.5. The van der Waals surface area contributed by atoms with E-state index in [0.717, 1.165) is 45.2 Å². The number of benzene rings is 1. The van der Waals surface area contributed by atoms with Crippen LogP contribution in [-0.2, 0) is 6.54 Å². The number of rotatable bonds is 5. The van der Waals surface area contributed by atoms with Crippen molar-refractivity contribution in [3.8, 4) is 0 Å². The third kappa shape index (κ3) is 6.58. The highest BCUT2D eigenvalue weighted by molar-refractivity contribution is 14.0. The molecule has 0 unspecified atom stereocenters. The van der Waals surface area contributed by atoms with Gasteiger partial charge < -0.3 is 15.1 Å². The standard InChI is InChI=1S/C25H42N6.HI/c1-26-24(30-19-17-29(18-20-30)21-23-9-5-3-6-10-23)27-22-25(11-15-28(2)16-12-25)31-13-7-4-8-14-31;/h3,5-6,9-10H,4,7-8,11-22H2,1-2H3,(H,26,27);1H. The van der Waals surface area contributed by atoms with E-state index in [1.165, 1.54) is 63.8 Å². The number of guanidine groups is 1. The van der Waals surface area contributed by atoms with Gasteiger partial charge in [-0.05, 0) is 64.5 Å². The van der Waals surface area contributed by atoms with Crippen LogP contribution in [0.5, 0.6) is 0 Å². The summed E-state index contributed by atoms with van der Waals surface area (Å²) in [5.74, 6) is 1.09. The molecule has 0 aliphatic carbocycles. The van der Waals surface area contributed by atoms with Gasteiger partial charge in [-0.15, -0.1) is 24.0 Å². The van der Waals surface area contributed by atoms with Gasteiger partial charge in [-0.2, -0.15) is 0 Å². The number of likely N-dealkylation sites (tertiary alicyclic amines) is 2. The van der Waals surface area contributed by atoms with E-state index in [2.05, 4.69) is 67.3 Å². The van der Waals surface area contributed by atoms with Crippen molar-refractivity contribution >= 4 is 29.9 Å². The van der Waals surface area contributed by atoms with Crippen LogP contribution in [0.15, 0.2) is 35.3 Å². The van der Waals surface area contributed by atoms with Gasteiger partial charge >= 0.3 is 0 Å². The number of halogens is 1. The van der Waals surface area contributed by atoms with Crippen molar-refractivity contribution in [3.05, 3.63) is 35.9 Å². The molecule has 0 bridgehead atoms. The maximum Gasteiger partial charge on any atom is 0.193 e. The lowest BCUT2D eigenvalue weighted by Crippen LogP contribution is -2.63. The van der Waals surface area contributed by atoms with E-state index in [4.69, 9.17) is 0 Å². The monoisotopic (exact) mass is 554 g/mol. The molecule has 3 saturated heterocycles. The summed E-state index contributed by atoms with van der Waals surface area (Å²) in [6, 6.07) is 10.8. The number of nitrogens with zero attached hydrogens (tertiary/aromatic N) is 5. The van der Waals surface area contributed by atoms with E-state index >= 15 is 0 Å². The minimum Gasteiger partial charge on any atom is -0.354 e. The number of hydrogen-bond acceptors (Lipinski definition) is 4. The molecule has 3 heterocycles. The highest BCUT2D eigenvalue weighted by Crippen LogP contribution is 2.31. The molecule has 32 heavy (non-hydrogen) atoms. The Morgan fingerprint density at radius 2 is 1.56 bits per heavy atom. The molecule has 3 fully saturated rings. The van der Waals surface area contributed by atoms with E-state index in [0.29, 0.717) is 0 Å². The molecule has 0 spiro atoms. The smallest absolute Gasteiger partial charge is 0.193 e. The molecule has 1 aromatic carbocycles. The topological polar surface area (TPSA) is 37.4 Å². The van der Waals surface area contributed by atoms with Gasteiger partial charge in [0.2, 0.25) is 0 Å². The van der Waals surface area contributed by atoms with Crippen LogP contribution in [-0.4, -0.2) is 104 Å². The van der Waals surface area contributed by atoms with Crippen LogP contribution >= 0.6 is 24.0 Å². The first-order valence-corrected chi connectivity index (χ1v) is 12.3. The predicted molar refractivity (Wildman–Crippen MR) is 145 cm³/mol. The first kappa shape index (κ1) is 25.7. The van der Waals surface area contributed by atoms with E-state index in [-0.39, 0.29) is 29.5 Å². The Labute approximate surface area is 212 Å². The molecule has 0 amide bonds. The predicted octanol–water partition coefficient (Wildman–Crippen LogP) is 2.95. The molecule has 3 aliphatic rings. The molecule has 0 atom stereocenters. The second-order valence-corrected chi connectivity index (χ2v) is 9.72. The molecular formula is C25H43IN6. The molecule has 180 valence electrons. The SMILES string of the molecule is CN=C(NCC1(N2CCCCC2)CCN(C)CC1)N1CCN(Cc2ccccc2)CC1.I. The summed E-state index contributed by atoms with van der Waals surface area (Å²) >= 11 is 0. The van der Waals surface area contributed by atoms with Crippen molar-refractivity contribution < 1.29 is 0 Å². The molecule has 4 rings (SSSR count). The Morgan fingerprint density at radius 3 is 2.19 bits per heavy atom. The van der Waals surface area contributed by atoms with Gasteiger partial charge in [-0.25, -0.2) is 0 Å². The van der Waals surface area contributed by atoms with E-state index in [9.17, 15) is 0 Å². The zero-order chi connectivity index (χ0) is 21.5. The lowest BCUT2D eigenvalue weighted by atomic mass is 9.84. The number of nitrogens with one attached hydrogen (secondary N) is 1. The Kier molecular flexibility index (Phi) is 10.1. The fourth-order valence-electron chi connectivity index (χ4n) is 5.54. The number of hydrogen-bond donors (Lipinski definition) is 1. The fourth-order valence-corrected chi connectivity index (χ4v) is 5.54. The average molecular weight is 555 g/mol. The Hall–Kier alpha value is -0.900. The minimum atomic E-state index is 0. The van der Waals surface area contributed by atoms with Crippen LogP contribution < -0.4 is 5.32 Å². The normalized spacial score (nSPS) is 23.6. The van der Waals surface area contributed by atoms with E-state index < -0.39 is 0 Å². The summed E-state index contributed by atoms with van der Waals surface area (Å²) in [4.78, 5) is 15.0. The van der Waals surface area contributed by atoms with Gasteiger partial charge in [0.05, 0.1) is 0 Å². The van der Waals surface area contributed by atoms with Crippen LogP contribution in [0.4, 0.5) is 0 Å². The summed E-state index contributed by atoms with van der Waals surface area (Å²) < 4.78 is 0. The minimum absolute atomic E-state index is 0. The van der Waals surface area contributed by atoms with Gasteiger partial charge in [0.25, 0.3) is 0 Å². The highest BCUT2D eigenvalue weighted by Gasteiger charge is 2.40. The summed E-state index contributed by atoms with van der Waals surface area (Å²) in [7, 11) is 4.21. The summed E-state index contributed by atoms with van der Waals surface area (Å²) in [6.07, 6.45) is 6.64. The molecule has 0 aromatic heterocycles. The summed E-state index contributed by atoms with van der Waals surface area (Å²) in [5, 5.41) is 3.82. The van der Waals surface area contributed by atoms with Crippen molar-refractivity contribution in [2.75, 3.05) is 73.0 Å². The van der Waals surface area contributed by atoms with Crippen molar-refractivity contribution in [2.45, 2.75) is 44.2 Å². The number of aliphatic imine (C=N–C) groups is 1. The van der Waals surface area contributed by atoms with E-state index in [1.54, 1.807) is 0 Å². The van der Waals surface area contributed by atoms with Crippen molar-refractivity contribution in [3.63, 3.8) is 0 Å². The molecule has 0 radical (unpaired) electrons. The lowest BCUT2D eigenvalue weighted by Gasteiger charge is -2.50. The van der Waals surface area contributed by atoms with Crippen LogP contribution in [0.2, 0.25) is 0 Å². The largest absolute Gasteiger partial charge is 0.354 e. The van der Waals surface area contributed by atoms with Gasteiger partial charge in [0.1, 0.15) is 0 Å². The molecule has 1 N–H and O–H groups in total. The molecule has 0 saturated carbocycles. The summed E-state index contributed by atoms with van der Waals surface area (Å²) in [6.45, 7) is 11.3. The Morgan fingerprint density at radius 1 is 0.906 bits per heavy atom. The lowest BCUT2D eigenvalue weighted by molar-refractivity contribution is 0.0167. The van der Waals surface area contributed by atoms with Gasteiger partial charge in [0.15, 0.2) is 5.96 Å². The second kappa shape index (κ2) is 12.5. The second-order valence-electron chi connectivity index (χ2n) is 9.72. The average Bonchev–Trinajstić information content (AvgIpc) is 2.83. The van der Waals surface area contributed by atoms with Crippen molar-refractivity contribution in [2.24, 2.45) is 4.99 Å². The van der Waals surface area contributed by atoms with Crippen LogP contribution in [0.3, 0.4) is 0 Å². The first-order chi connectivity index (χ1) is 15.2.